The van der Waals surface area contributed by atoms with Crippen LogP contribution in [-0.2, 0) is 0 Å². The molecule has 0 radical (unpaired) electrons. The fourth-order valence-electron chi connectivity index (χ4n) is 2.62. The number of unbranched alkanes of at least 4 members (excludes halogenated alkanes) is 13. The molecule has 2 heteroatoms. The first-order valence-electron chi connectivity index (χ1n) is 9.12. The van der Waals surface area contributed by atoms with Gasteiger partial charge in [-0.2, -0.15) is 0 Å². The molecule has 0 atom stereocenters. The highest BCUT2D eigenvalue weighted by molar-refractivity contribution is 6.08. The van der Waals surface area contributed by atoms with Gasteiger partial charge in [-0.25, -0.2) is 0 Å². The van der Waals surface area contributed by atoms with Crippen molar-refractivity contribution in [1.29, 1.82) is 0 Å². The van der Waals surface area contributed by atoms with Gasteiger partial charge in [0.05, 0.1) is 0 Å². The number of rotatable bonds is 16. The molecule has 0 spiro atoms. The van der Waals surface area contributed by atoms with Gasteiger partial charge in [0, 0.05) is 10.2 Å². The quantitative estimate of drug-likeness (QED) is 0.328. The summed E-state index contributed by atoms with van der Waals surface area (Å²) in [5.74, 6) is 0. The third-order valence-electron chi connectivity index (χ3n) is 3.96. The average Bonchev–Trinajstić information content (AvgIpc) is 2.43. The van der Waals surface area contributed by atoms with Crippen molar-refractivity contribution in [3.05, 3.63) is 0 Å². The maximum absolute atomic E-state index is 3.45. The zero-order valence-corrected chi connectivity index (χ0v) is 15.8. The second kappa shape index (κ2) is 18.2. The second-order valence-electron chi connectivity index (χ2n) is 5.95. The monoisotopic (exact) mass is 285 g/mol. The Morgan fingerprint density at radius 2 is 0.947 bits per heavy atom. The molecule has 1 N–H and O–H groups in total. The molecule has 0 rings (SSSR count). The summed E-state index contributed by atoms with van der Waals surface area (Å²) < 4.78 is 0. The van der Waals surface area contributed by atoms with E-state index in [4.69, 9.17) is 0 Å². The minimum atomic E-state index is 1.25. The smallest absolute Gasteiger partial charge is 0.0201 e. The molecule has 0 aromatic rings. The van der Waals surface area contributed by atoms with E-state index < -0.39 is 0 Å². The number of hydrogen-bond acceptors (Lipinski definition) is 1. The molecule has 19 heavy (non-hydrogen) atoms. The molecule has 0 aliphatic rings. The first-order valence-corrected chi connectivity index (χ1v) is 10.5. The van der Waals surface area contributed by atoms with Crippen molar-refractivity contribution >= 4 is 10.2 Å². The maximum Gasteiger partial charge on any atom is 0.0201 e. The Hall–Kier alpha value is 0.177. The summed E-state index contributed by atoms with van der Waals surface area (Å²) in [6, 6.07) is 0. The van der Waals surface area contributed by atoms with Crippen molar-refractivity contribution in [2.24, 2.45) is 0 Å². The maximum atomic E-state index is 3.45. The Morgan fingerprint density at radius 1 is 0.579 bits per heavy atom. The summed E-state index contributed by atoms with van der Waals surface area (Å²) in [6.07, 6.45) is 21.6. The van der Waals surface area contributed by atoms with Crippen molar-refractivity contribution in [2.75, 3.05) is 12.7 Å². The summed E-state index contributed by atoms with van der Waals surface area (Å²) in [4.78, 5) is 0. The van der Waals surface area contributed by atoms with Crippen LogP contribution >= 0.6 is 0 Å². The minimum absolute atomic E-state index is 1.25. The fourth-order valence-corrected chi connectivity index (χ4v) is 2.97. The number of hydrogen-bond donors (Lipinski definition) is 1. The highest BCUT2D eigenvalue weighted by Gasteiger charge is 1.93. The molecule has 0 amide bonds. The molecule has 0 aliphatic heterocycles. The molecular formula is C17H39NSi. The normalized spacial score (nSPS) is 11.2. The van der Waals surface area contributed by atoms with E-state index in [0.29, 0.717) is 0 Å². The van der Waals surface area contributed by atoms with Crippen LogP contribution in [0.2, 0.25) is 0 Å². The minimum Gasteiger partial charge on any atom is -0.320 e. The summed E-state index contributed by atoms with van der Waals surface area (Å²) in [5.41, 5.74) is 0. The third kappa shape index (κ3) is 18.2. The Balaban J connectivity index is 2.88. The van der Waals surface area contributed by atoms with Crippen LogP contribution in [0.15, 0.2) is 0 Å². The van der Waals surface area contributed by atoms with E-state index in [1.165, 1.54) is 113 Å². The van der Waals surface area contributed by atoms with Crippen LogP contribution < -0.4 is 5.32 Å². The van der Waals surface area contributed by atoms with Gasteiger partial charge in [-0.05, 0) is 19.1 Å². The molecule has 116 valence electrons. The van der Waals surface area contributed by atoms with Gasteiger partial charge in [0.1, 0.15) is 0 Å². The van der Waals surface area contributed by atoms with Crippen molar-refractivity contribution in [2.45, 2.75) is 96.8 Å². The molecule has 1 nitrogen and oxygen atoms in total. The van der Waals surface area contributed by atoms with Gasteiger partial charge in [0.15, 0.2) is 0 Å². The molecule has 0 fully saturated rings. The summed E-state index contributed by atoms with van der Waals surface area (Å²) in [7, 11) is 1.30. The van der Waals surface area contributed by atoms with E-state index >= 15 is 0 Å². The first kappa shape index (κ1) is 19.2. The van der Waals surface area contributed by atoms with E-state index in [2.05, 4.69) is 12.2 Å². The van der Waals surface area contributed by atoms with Crippen LogP contribution in [0.5, 0.6) is 0 Å². The van der Waals surface area contributed by atoms with Crippen LogP contribution in [-0.4, -0.2) is 23.0 Å². The van der Waals surface area contributed by atoms with Crippen LogP contribution in [0.4, 0.5) is 0 Å². The van der Waals surface area contributed by atoms with Crippen molar-refractivity contribution in [3.8, 4) is 0 Å². The van der Waals surface area contributed by atoms with Crippen molar-refractivity contribution in [1.82, 2.24) is 5.32 Å². The van der Waals surface area contributed by atoms with Crippen LogP contribution in [0, 0.1) is 0 Å². The van der Waals surface area contributed by atoms with Gasteiger partial charge in [-0.3, -0.25) is 0 Å². The Kier molecular flexibility index (Phi) is 18.3. The topological polar surface area (TPSA) is 12.0 Å². The van der Waals surface area contributed by atoms with E-state index in [-0.39, 0.29) is 0 Å². The zero-order chi connectivity index (χ0) is 14.0. The van der Waals surface area contributed by atoms with Crippen molar-refractivity contribution < 1.29 is 0 Å². The van der Waals surface area contributed by atoms with E-state index in [1.807, 2.05) is 0 Å². The molecule has 0 saturated carbocycles. The van der Waals surface area contributed by atoms with Gasteiger partial charge in [-0.15, -0.1) is 0 Å². The van der Waals surface area contributed by atoms with Gasteiger partial charge >= 0.3 is 0 Å². The van der Waals surface area contributed by atoms with Gasteiger partial charge < -0.3 is 5.32 Å². The second-order valence-corrected chi connectivity index (χ2v) is 6.66. The summed E-state index contributed by atoms with van der Waals surface area (Å²) in [5, 5.41) is 3.45. The van der Waals surface area contributed by atoms with Crippen LogP contribution in [0.25, 0.3) is 0 Å². The first-order chi connectivity index (χ1) is 9.41. The molecule has 0 bridgehead atoms. The molecule has 0 aromatic carbocycles. The predicted molar refractivity (Wildman–Crippen MR) is 93.1 cm³/mol. The van der Waals surface area contributed by atoms with E-state index in [0.717, 1.165) is 0 Å². The van der Waals surface area contributed by atoms with Gasteiger partial charge in [0.25, 0.3) is 0 Å². The lowest BCUT2D eigenvalue weighted by Gasteiger charge is -2.03. The molecular weight excluding hydrogens is 246 g/mol. The molecule has 0 aromatic heterocycles. The molecule has 0 unspecified atom stereocenters. The number of nitrogens with one attached hydrogen (secondary N) is 1. The zero-order valence-electron chi connectivity index (χ0n) is 13.8. The highest BCUT2D eigenvalue weighted by atomic mass is 28.1. The standard InChI is InChI=1S/C17H39NSi/c1-2-3-4-5-6-7-8-9-10-11-12-13-14-15-16-18-17-19/h18H,2-17H2,1,19H3. The molecule has 0 aliphatic carbocycles. The lowest BCUT2D eigenvalue weighted by molar-refractivity contribution is 0.533. The van der Waals surface area contributed by atoms with Gasteiger partial charge in [0.2, 0.25) is 0 Å². The fraction of sp³-hybridized carbons (Fsp3) is 1.00. The van der Waals surface area contributed by atoms with E-state index in [9.17, 15) is 0 Å². The van der Waals surface area contributed by atoms with E-state index in [1.54, 1.807) is 0 Å². The lowest BCUT2D eigenvalue weighted by Crippen LogP contribution is -2.16. The van der Waals surface area contributed by atoms with Crippen molar-refractivity contribution in [3.63, 3.8) is 0 Å². The van der Waals surface area contributed by atoms with Crippen LogP contribution in [0.3, 0.4) is 0 Å². The van der Waals surface area contributed by atoms with Crippen LogP contribution in [0.1, 0.15) is 96.8 Å². The third-order valence-corrected chi connectivity index (χ3v) is 4.46. The van der Waals surface area contributed by atoms with Gasteiger partial charge in [-0.1, -0.05) is 90.4 Å². The largest absolute Gasteiger partial charge is 0.320 e. The molecule has 0 saturated heterocycles. The Labute approximate surface area is 125 Å². The summed E-state index contributed by atoms with van der Waals surface area (Å²) in [6.45, 7) is 3.55. The predicted octanol–water partition coefficient (Wildman–Crippen LogP) is 4.38. The average molecular weight is 286 g/mol. The Bertz CT molecular complexity index is 134. The Morgan fingerprint density at radius 3 is 1.32 bits per heavy atom. The SMILES string of the molecule is CCCCCCCCCCCCCCCCNC[SiH3]. The lowest BCUT2D eigenvalue weighted by atomic mass is 10.0. The summed E-state index contributed by atoms with van der Waals surface area (Å²) >= 11 is 0. The molecule has 0 heterocycles. The highest BCUT2D eigenvalue weighted by Crippen LogP contribution is 2.12.